The molecule has 2 rings (SSSR count). The molecule has 0 radical (unpaired) electrons. The molecular formula is C16H13ClFNO5. The number of aromatic carboxylic acids is 1. The van der Waals surface area contributed by atoms with E-state index in [2.05, 4.69) is 5.32 Å². The summed E-state index contributed by atoms with van der Waals surface area (Å²) in [4.78, 5) is 23.7. The van der Waals surface area contributed by atoms with Crippen molar-refractivity contribution in [3.63, 3.8) is 0 Å². The molecule has 0 saturated heterocycles. The lowest BCUT2D eigenvalue weighted by Gasteiger charge is -2.14. The first-order valence-corrected chi connectivity index (χ1v) is 7.01. The lowest BCUT2D eigenvalue weighted by molar-refractivity contribution is 0.0697. The van der Waals surface area contributed by atoms with Gasteiger partial charge < -0.3 is 19.9 Å². The van der Waals surface area contributed by atoms with E-state index in [-0.39, 0.29) is 33.3 Å². The van der Waals surface area contributed by atoms with Crippen LogP contribution >= 0.6 is 11.6 Å². The highest BCUT2D eigenvalue weighted by Crippen LogP contribution is 2.34. The van der Waals surface area contributed by atoms with E-state index in [9.17, 15) is 19.1 Å². The first-order valence-electron chi connectivity index (χ1n) is 6.63. The number of benzene rings is 2. The van der Waals surface area contributed by atoms with Crippen LogP contribution in [0.2, 0.25) is 5.02 Å². The SMILES string of the molecule is COc1cc(NC(=O)c2c(F)cccc2Cl)c(C(=O)O)cc1OC. The molecule has 0 fully saturated rings. The van der Waals surface area contributed by atoms with Gasteiger partial charge in [0.15, 0.2) is 11.5 Å². The summed E-state index contributed by atoms with van der Waals surface area (Å²) in [5.74, 6) is -2.62. The molecule has 24 heavy (non-hydrogen) atoms. The summed E-state index contributed by atoms with van der Waals surface area (Å²) in [5, 5.41) is 11.5. The Morgan fingerprint density at radius 2 is 1.79 bits per heavy atom. The van der Waals surface area contributed by atoms with Crippen molar-refractivity contribution in [3.8, 4) is 11.5 Å². The summed E-state index contributed by atoms with van der Waals surface area (Å²) in [5.41, 5.74) is -0.705. The normalized spacial score (nSPS) is 10.2. The zero-order valence-electron chi connectivity index (χ0n) is 12.7. The number of carbonyl (C=O) groups excluding carboxylic acids is 1. The number of hydrogen-bond acceptors (Lipinski definition) is 4. The lowest BCUT2D eigenvalue weighted by atomic mass is 10.1. The highest BCUT2D eigenvalue weighted by atomic mass is 35.5. The Morgan fingerprint density at radius 3 is 2.33 bits per heavy atom. The third kappa shape index (κ3) is 3.41. The van der Waals surface area contributed by atoms with Crippen LogP contribution in [0.1, 0.15) is 20.7 Å². The average molecular weight is 354 g/mol. The Hall–Kier alpha value is -2.80. The minimum absolute atomic E-state index is 0.0792. The quantitative estimate of drug-likeness (QED) is 0.860. The molecule has 0 aliphatic heterocycles. The van der Waals surface area contributed by atoms with Crippen LogP contribution in [0, 0.1) is 5.82 Å². The molecule has 0 saturated carbocycles. The van der Waals surface area contributed by atoms with Gasteiger partial charge in [-0.25, -0.2) is 9.18 Å². The van der Waals surface area contributed by atoms with Crippen molar-refractivity contribution in [2.75, 3.05) is 19.5 Å². The summed E-state index contributed by atoms with van der Waals surface area (Å²) in [6, 6.07) is 6.25. The molecule has 6 nitrogen and oxygen atoms in total. The van der Waals surface area contributed by atoms with Crippen LogP contribution < -0.4 is 14.8 Å². The molecular weight excluding hydrogens is 341 g/mol. The number of carboxylic acids is 1. The third-order valence-corrected chi connectivity index (χ3v) is 3.51. The van der Waals surface area contributed by atoms with E-state index in [1.807, 2.05) is 0 Å². The second kappa shape index (κ2) is 7.18. The fraction of sp³-hybridized carbons (Fsp3) is 0.125. The summed E-state index contributed by atoms with van der Waals surface area (Å²) in [6.07, 6.45) is 0. The second-order valence-electron chi connectivity index (χ2n) is 4.61. The standard InChI is InChI=1S/C16H13ClFNO5/c1-23-12-6-8(16(21)22)11(7-13(12)24-2)19-15(20)14-9(17)4-3-5-10(14)18/h3-7H,1-2H3,(H,19,20)(H,21,22). The number of amides is 1. The molecule has 0 spiro atoms. The molecule has 0 bridgehead atoms. The Morgan fingerprint density at radius 1 is 1.17 bits per heavy atom. The van der Waals surface area contributed by atoms with Crippen LogP contribution in [0.5, 0.6) is 11.5 Å². The fourth-order valence-electron chi connectivity index (χ4n) is 2.06. The molecule has 2 aromatic carbocycles. The smallest absolute Gasteiger partial charge is 0.337 e. The third-order valence-electron chi connectivity index (χ3n) is 3.19. The fourth-order valence-corrected chi connectivity index (χ4v) is 2.31. The number of hydrogen-bond donors (Lipinski definition) is 2. The van der Waals surface area contributed by atoms with Gasteiger partial charge in [-0.1, -0.05) is 17.7 Å². The zero-order valence-corrected chi connectivity index (χ0v) is 13.5. The molecule has 1 amide bonds. The van der Waals surface area contributed by atoms with Crippen molar-refractivity contribution >= 4 is 29.2 Å². The highest BCUT2D eigenvalue weighted by molar-refractivity contribution is 6.34. The van der Waals surface area contributed by atoms with Gasteiger partial charge in [0.1, 0.15) is 5.82 Å². The summed E-state index contributed by atoms with van der Waals surface area (Å²) in [7, 11) is 2.71. The monoisotopic (exact) mass is 353 g/mol. The van der Waals surface area contributed by atoms with Gasteiger partial charge in [0, 0.05) is 12.1 Å². The number of methoxy groups -OCH3 is 2. The Labute approximate surface area is 141 Å². The molecule has 2 aromatic rings. The summed E-state index contributed by atoms with van der Waals surface area (Å²) in [6.45, 7) is 0. The number of carboxylic acid groups (broad SMARTS) is 1. The Balaban J connectivity index is 2.48. The van der Waals surface area contributed by atoms with Crippen molar-refractivity contribution in [1.29, 1.82) is 0 Å². The summed E-state index contributed by atoms with van der Waals surface area (Å²) >= 11 is 5.84. The number of anilines is 1. The van der Waals surface area contributed by atoms with Crippen molar-refractivity contribution in [1.82, 2.24) is 0 Å². The van der Waals surface area contributed by atoms with Crippen molar-refractivity contribution in [2.45, 2.75) is 0 Å². The Bertz CT molecular complexity index is 789. The predicted octanol–water partition coefficient (Wildman–Crippen LogP) is 3.45. The van der Waals surface area contributed by atoms with Crippen molar-refractivity contribution in [3.05, 3.63) is 52.3 Å². The van der Waals surface area contributed by atoms with E-state index in [0.717, 1.165) is 6.07 Å². The minimum Gasteiger partial charge on any atom is -0.493 e. The molecule has 2 N–H and O–H groups in total. The van der Waals surface area contributed by atoms with Gasteiger partial charge in [0.25, 0.3) is 5.91 Å². The first-order chi connectivity index (χ1) is 11.4. The van der Waals surface area contributed by atoms with E-state index in [1.54, 1.807) is 0 Å². The molecule has 8 heteroatoms. The molecule has 0 aliphatic rings. The maximum atomic E-state index is 13.8. The van der Waals surface area contributed by atoms with Crippen LogP contribution in [-0.2, 0) is 0 Å². The number of carbonyl (C=O) groups is 2. The second-order valence-corrected chi connectivity index (χ2v) is 5.02. The van der Waals surface area contributed by atoms with Gasteiger partial charge in [0.05, 0.1) is 36.1 Å². The van der Waals surface area contributed by atoms with Gasteiger partial charge in [-0.05, 0) is 12.1 Å². The van der Waals surface area contributed by atoms with E-state index in [0.29, 0.717) is 0 Å². The van der Waals surface area contributed by atoms with E-state index < -0.39 is 17.7 Å². The van der Waals surface area contributed by atoms with Crippen LogP contribution in [0.25, 0.3) is 0 Å². The molecule has 0 unspecified atom stereocenters. The largest absolute Gasteiger partial charge is 0.493 e. The minimum atomic E-state index is -1.30. The number of nitrogens with one attached hydrogen (secondary N) is 1. The lowest BCUT2D eigenvalue weighted by Crippen LogP contribution is -2.17. The van der Waals surface area contributed by atoms with E-state index in [4.69, 9.17) is 21.1 Å². The van der Waals surface area contributed by atoms with Gasteiger partial charge in [-0.2, -0.15) is 0 Å². The topological polar surface area (TPSA) is 84.9 Å². The van der Waals surface area contributed by atoms with Gasteiger partial charge in [-0.15, -0.1) is 0 Å². The number of halogens is 2. The average Bonchev–Trinajstić information content (AvgIpc) is 2.53. The van der Waals surface area contributed by atoms with Crippen LogP contribution in [0.15, 0.2) is 30.3 Å². The summed E-state index contributed by atoms with van der Waals surface area (Å²) < 4.78 is 23.9. The molecule has 0 aromatic heterocycles. The van der Waals surface area contributed by atoms with E-state index >= 15 is 0 Å². The number of ether oxygens (including phenoxy) is 2. The maximum absolute atomic E-state index is 13.8. The maximum Gasteiger partial charge on any atom is 0.337 e. The van der Waals surface area contributed by atoms with Crippen LogP contribution in [0.3, 0.4) is 0 Å². The Kier molecular flexibility index (Phi) is 5.25. The number of rotatable bonds is 5. The van der Waals surface area contributed by atoms with Gasteiger partial charge in [0.2, 0.25) is 0 Å². The molecule has 0 atom stereocenters. The molecule has 126 valence electrons. The van der Waals surface area contributed by atoms with Crippen LogP contribution in [0.4, 0.5) is 10.1 Å². The first kappa shape index (κ1) is 17.6. The van der Waals surface area contributed by atoms with Crippen LogP contribution in [-0.4, -0.2) is 31.2 Å². The van der Waals surface area contributed by atoms with E-state index in [1.165, 1.54) is 38.5 Å². The molecule has 0 heterocycles. The van der Waals surface area contributed by atoms with Gasteiger partial charge >= 0.3 is 5.97 Å². The van der Waals surface area contributed by atoms with Crippen molar-refractivity contribution in [2.24, 2.45) is 0 Å². The molecule has 0 aliphatic carbocycles. The van der Waals surface area contributed by atoms with Crippen molar-refractivity contribution < 1.29 is 28.6 Å². The predicted molar refractivity (Wildman–Crippen MR) is 85.9 cm³/mol. The van der Waals surface area contributed by atoms with Gasteiger partial charge in [-0.3, -0.25) is 4.79 Å². The highest BCUT2D eigenvalue weighted by Gasteiger charge is 2.21. The zero-order chi connectivity index (χ0) is 17.9.